The molecule has 0 unspecified atom stereocenters. The van der Waals surface area contributed by atoms with Crippen molar-refractivity contribution in [2.75, 3.05) is 7.11 Å². The van der Waals surface area contributed by atoms with E-state index in [1.54, 1.807) is 7.11 Å². The number of nitrogens with one attached hydrogen (secondary N) is 1. The zero-order valence-corrected chi connectivity index (χ0v) is 10.7. The van der Waals surface area contributed by atoms with Gasteiger partial charge in [0.1, 0.15) is 11.6 Å². The Morgan fingerprint density at radius 3 is 2.72 bits per heavy atom. The molecule has 0 radical (unpaired) electrons. The first-order valence-electron chi connectivity index (χ1n) is 6.33. The van der Waals surface area contributed by atoms with Crippen LogP contribution in [0.25, 0.3) is 0 Å². The molecule has 1 aliphatic rings. The molecule has 1 fully saturated rings. The van der Waals surface area contributed by atoms with Crippen LogP contribution in [0, 0.1) is 5.41 Å². The van der Waals surface area contributed by atoms with Gasteiger partial charge in [0.25, 0.3) is 0 Å². The molecule has 2 rings (SSSR count). The largest absolute Gasteiger partial charge is 0.496 e. The third-order valence-electron chi connectivity index (χ3n) is 3.34. The third kappa shape index (κ3) is 3.01. The minimum atomic E-state index is 0.0233. The van der Waals surface area contributed by atoms with Gasteiger partial charge in [-0.2, -0.15) is 0 Å². The van der Waals surface area contributed by atoms with Crippen molar-refractivity contribution in [1.82, 2.24) is 0 Å². The molecule has 98 valence electrons. The highest BCUT2D eigenvalue weighted by molar-refractivity contribution is 5.97. The van der Waals surface area contributed by atoms with Crippen molar-refractivity contribution in [3.63, 3.8) is 0 Å². The second kappa shape index (κ2) is 5.87. The number of benzene rings is 1. The summed E-state index contributed by atoms with van der Waals surface area (Å²) < 4.78 is 11.1. The van der Waals surface area contributed by atoms with E-state index in [0.717, 1.165) is 5.56 Å². The molecule has 4 nitrogen and oxygen atoms in total. The Morgan fingerprint density at radius 1 is 1.39 bits per heavy atom. The number of ether oxygens (including phenoxy) is 2. The van der Waals surface area contributed by atoms with Gasteiger partial charge in [0.05, 0.1) is 25.4 Å². The average molecular weight is 248 g/mol. The second-order valence-corrected chi connectivity index (χ2v) is 4.67. The Kier molecular flexibility index (Phi) is 4.20. The number of amidine groups is 1. The summed E-state index contributed by atoms with van der Waals surface area (Å²) in [6.07, 6.45) is 5.29. The summed E-state index contributed by atoms with van der Waals surface area (Å²) in [7, 11) is 1.59. The summed E-state index contributed by atoms with van der Waals surface area (Å²) in [5, 5.41) is 7.45. The molecule has 3 N–H and O–H groups in total. The lowest BCUT2D eigenvalue weighted by molar-refractivity contribution is 0.0456. The van der Waals surface area contributed by atoms with Gasteiger partial charge >= 0.3 is 0 Å². The van der Waals surface area contributed by atoms with E-state index in [1.807, 2.05) is 18.2 Å². The monoisotopic (exact) mass is 248 g/mol. The van der Waals surface area contributed by atoms with E-state index in [4.69, 9.17) is 20.6 Å². The van der Waals surface area contributed by atoms with Gasteiger partial charge in [-0.1, -0.05) is 18.9 Å². The maximum Gasteiger partial charge on any atom is 0.130 e. The Hall–Kier alpha value is -1.55. The molecule has 0 amide bonds. The van der Waals surface area contributed by atoms with E-state index in [1.165, 1.54) is 25.7 Å². The first-order chi connectivity index (χ1) is 8.70. The SMILES string of the molecule is COc1cc(COC2CCCC2)ccc1C(=N)N. The van der Waals surface area contributed by atoms with Gasteiger partial charge < -0.3 is 15.2 Å². The van der Waals surface area contributed by atoms with Crippen LogP contribution in [0.15, 0.2) is 18.2 Å². The predicted molar refractivity (Wildman–Crippen MR) is 71.1 cm³/mol. The zero-order chi connectivity index (χ0) is 13.0. The molecule has 1 aromatic rings. The third-order valence-corrected chi connectivity index (χ3v) is 3.34. The first-order valence-corrected chi connectivity index (χ1v) is 6.33. The maximum atomic E-state index is 7.45. The molecule has 0 bridgehead atoms. The smallest absolute Gasteiger partial charge is 0.130 e. The van der Waals surface area contributed by atoms with E-state index in [0.29, 0.717) is 24.0 Å². The summed E-state index contributed by atoms with van der Waals surface area (Å²) in [5.41, 5.74) is 7.17. The van der Waals surface area contributed by atoms with Crippen LogP contribution in [0.3, 0.4) is 0 Å². The van der Waals surface area contributed by atoms with Gasteiger partial charge in [-0.05, 0) is 30.5 Å². The van der Waals surface area contributed by atoms with Crippen molar-refractivity contribution in [1.29, 1.82) is 5.41 Å². The van der Waals surface area contributed by atoms with Crippen molar-refractivity contribution < 1.29 is 9.47 Å². The molecule has 0 aromatic heterocycles. The first kappa shape index (κ1) is 12.9. The van der Waals surface area contributed by atoms with Crippen LogP contribution in [-0.4, -0.2) is 19.0 Å². The summed E-state index contributed by atoms with van der Waals surface area (Å²) in [6.45, 7) is 0.596. The van der Waals surface area contributed by atoms with Crippen LogP contribution in [0.2, 0.25) is 0 Å². The lowest BCUT2D eigenvalue weighted by Crippen LogP contribution is -2.13. The van der Waals surface area contributed by atoms with E-state index in [-0.39, 0.29) is 5.84 Å². The van der Waals surface area contributed by atoms with Gasteiger partial charge in [-0.15, -0.1) is 0 Å². The van der Waals surface area contributed by atoms with Crippen molar-refractivity contribution in [2.45, 2.75) is 38.4 Å². The van der Waals surface area contributed by atoms with Crippen molar-refractivity contribution in [2.24, 2.45) is 5.73 Å². The van der Waals surface area contributed by atoms with Crippen molar-refractivity contribution in [3.8, 4) is 5.75 Å². The number of nitrogens with two attached hydrogens (primary N) is 1. The fourth-order valence-electron chi connectivity index (χ4n) is 2.32. The summed E-state index contributed by atoms with van der Waals surface area (Å²) >= 11 is 0. The maximum absolute atomic E-state index is 7.45. The van der Waals surface area contributed by atoms with Gasteiger partial charge in [-0.3, -0.25) is 5.41 Å². The average Bonchev–Trinajstić information content (AvgIpc) is 2.88. The predicted octanol–water partition coefficient (Wildman–Crippen LogP) is 2.44. The minimum Gasteiger partial charge on any atom is -0.496 e. The molecule has 18 heavy (non-hydrogen) atoms. The quantitative estimate of drug-likeness (QED) is 0.621. The second-order valence-electron chi connectivity index (χ2n) is 4.67. The molecule has 0 atom stereocenters. The molecule has 0 heterocycles. The number of rotatable bonds is 5. The molecule has 1 aliphatic carbocycles. The summed E-state index contributed by atoms with van der Waals surface area (Å²) in [4.78, 5) is 0. The molecule has 0 saturated heterocycles. The van der Waals surface area contributed by atoms with Gasteiger partial charge in [-0.25, -0.2) is 0 Å². The highest BCUT2D eigenvalue weighted by atomic mass is 16.5. The molecule has 0 spiro atoms. The van der Waals surface area contributed by atoms with Crippen molar-refractivity contribution >= 4 is 5.84 Å². The van der Waals surface area contributed by atoms with E-state index in [9.17, 15) is 0 Å². The number of hydrogen-bond acceptors (Lipinski definition) is 3. The van der Waals surface area contributed by atoms with E-state index in [2.05, 4.69) is 0 Å². The fourth-order valence-corrected chi connectivity index (χ4v) is 2.32. The van der Waals surface area contributed by atoms with E-state index >= 15 is 0 Å². The summed E-state index contributed by atoms with van der Waals surface area (Å²) in [5.74, 6) is 0.658. The molecule has 0 aliphatic heterocycles. The molecular formula is C14H20N2O2. The Morgan fingerprint density at radius 2 is 2.11 bits per heavy atom. The van der Waals surface area contributed by atoms with E-state index < -0.39 is 0 Å². The minimum absolute atomic E-state index is 0.0233. The van der Waals surface area contributed by atoms with Gasteiger partial charge in [0.2, 0.25) is 0 Å². The molecule has 1 saturated carbocycles. The topological polar surface area (TPSA) is 68.3 Å². The van der Waals surface area contributed by atoms with Crippen LogP contribution in [0.1, 0.15) is 36.8 Å². The Balaban J connectivity index is 2.02. The number of methoxy groups -OCH3 is 1. The molecular weight excluding hydrogens is 228 g/mol. The lowest BCUT2D eigenvalue weighted by Gasteiger charge is -2.13. The van der Waals surface area contributed by atoms with Crippen LogP contribution in [0.4, 0.5) is 0 Å². The standard InChI is InChI=1S/C14H20N2O2/c1-17-13-8-10(6-7-12(13)14(15)16)9-18-11-4-2-3-5-11/h6-8,11H,2-5,9H2,1H3,(H3,15,16). The Labute approximate surface area is 108 Å². The summed E-state index contributed by atoms with van der Waals surface area (Å²) in [6, 6.07) is 5.65. The normalized spacial score (nSPS) is 15.8. The highest BCUT2D eigenvalue weighted by Crippen LogP contribution is 2.24. The van der Waals surface area contributed by atoms with Gasteiger partial charge in [0, 0.05) is 0 Å². The van der Waals surface area contributed by atoms with Gasteiger partial charge in [0.15, 0.2) is 0 Å². The fraction of sp³-hybridized carbons (Fsp3) is 0.500. The Bertz CT molecular complexity index is 426. The molecule has 4 heteroatoms. The van der Waals surface area contributed by atoms with Crippen LogP contribution in [0.5, 0.6) is 5.75 Å². The molecule has 1 aromatic carbocycles. The van der Waals surface area contributed by atoms with Crippen LogP contribution >= 0.6 is 0 Å². The van der Waals surface area contributed by atoms with Crippen LogP contribution < -0.4 is 10.5 Å². The number of nitrogen functional groups attached to an aromatic ring is 1. The van der Waals surface area contributed by atoms with Crippen LogP contribution in [-0.2, 0) is 11.3 Å². The zero-order valence-electron chi connectivity index (χ0n) is 10.7. The van der Waals surface area contributed by atoms with Crippen molar-refractivity contribution in [3.05, 3.63) is 29.3 Å². The lowest BCUT2D eigenvalue weighted by atomic mass is 10.1. The highest BCUT2D eigenvalue weighted by Gasteiger charge is 2.15. The number of hydrogen-bond donors (Lipinski definition) is 2.